The minimum absolute atomic E-state index is 0.299. The topological polar surface area (TPSA) is 101 Å². The standard InChI is InChI=1S/C18H15N7O/c1-25-11-16(17(24-25)14-5-2-3-9-19-14)22-18(26)15-7-4-6-12(21-15)13-8-10-20-23-13/h2-11H,1H3,(H,20,23)(H,22,26). The second-order valence-corrected chi connectivity index (χ2v) is 5.61. The van der Waals surface area contributed by atoms with Crippen LogP contribution in [0.2, 0.25) is 0 Å². The SMILES string of the molecule is Cn1cc(NC(=O)c2cccc(-c3ccn[nH]3)n2)c(-c2ccccn2)n1. The van der Waals surface area contributed by atoms with Crippen molar-refractivity contribution in [3.8, 4) is 22.8 Å². The number of carbonyl (C=O) groups is 1. The quantitative estimate of drug-likeness (QED) is 0.592. The smallest absolute Gasteiger partial charge is 0.274 e. The molecule has 8 heteroatoms. The largest absolute Gasteiger partial charge is 0.317 e. The second-order valence-electron chi connectivity index (χ2n) is 5.61. The number of aromatic amines is 1. The molecular formula is C18H15N7O. The van der Waals surface area contributed by atoms with E-state index >= 15 is 0 Å². The summed E-state index contributed by atoms with van der Waals surface area (Å²) in [4.78, 5) is 21.4. The van der Waals surface area contributed by atoms with Gasteiger partial charge in [0.1, 0.15) is 11.4 Å². The van der Waals surface area contributed by atoms with Crippen LogP contribution in [0.4, 0.5) is 5.69 Å². The third kappa shape index (κ3) is 3.07. The lowest BCUT2D eigenvalue weighted by atomic mass is 10.2. The van der Waals surface area contributed by atoms with E-state index in [0.717, 1.165) is 5.69 Å². The minimum atomic E-state index is -0.323. The van der Waals surface area contributed by atoms with Crippen molar-refractivity contribution >= 4 is 11.6 Å². The Morgan fingerprint density at radius 3 is 2.73 bits per heavy atom. The van der Waals surface area contributed by atoms with Gasteiger partial charge in [0.05, 0.1) is 22.8 Å². The molecule has 8 nitrogen and oxygen atoms in total. The Bertz CT molecular complexity index is 1040. The zero-order chi connectivity index (χ0) is 17.9. The first-order valence-electron chi connectivity index (χ1n) is 7.94. The summed E-state index contributed by atoms with van der Waals surface area (Å²) in [5.74, 6) is -0.323. The maximum Gasteiger partial charge on any atom is 0.274 e. The zero-order valence-corrected chi connectivity index (χ0v) is 13.9. The van der Waals surface area contributed by atoms with E-state index in [0.29, 0.717) is 28.5 Å². The molecule has 4 aromatic heterocycles. The number of nitrogens with one attached hydrogen (secondary N) is 2. The highest BCUT2D eigenvalue weighted by Gasteiger charge is 2.16. The number of hydrogen-bond acceptors (Lipinski definition) is 5. The molecule has 0 bridgehead atoms. The summed E-state index contributed by atoms with van der Waals surface area (Å²) in [7, 11) is 1.79. The molecule has 4 heterocycles. The molecule has 0 atom stereocenters. The molecule has 0 radical (unpaired) electrons. The van der Waals surface area contributed by atoms with Gasteiger partial charge in [0, 0.05) is 25.6 Å². The lowest BCUT2D eigenvalue weighted by molar-refractivity contribution is 0.102. The molecule has 128 valence electrons. The van der Waals surface area contributed by atoms with Crippen LogP contribution in [0.1, 0.15) is 10.5 Å². The Morgan fingerprint density at radius 2 is 1.96 bits per heavy atom. The molecule has 4 rings (SSSR count). The van der Waals surface area contributed by atoms with Crippen LogP contribution in [0.5, 0.6) is 0 Å². The molecule has 0 aromatic carbocycles. The molecule has 26 heavy (non-hydrogen) atoms. The monoisotopic (exact) mass is 345 g/mol. The van der Waals surface area contributed by atoms with Crippen LogP contribution in [0.3, 0.4) is 0 Å². The molecule has 0 aliphatic rings. The highest BCUT2D eigenvalue weighted by molar-refractivity contribution is 6.04. The molecule has 1 amide bonds. The van der Waals surface area contributed by atoms with E-state index in [1.54, 1.807) is 48.5 Å². The van der Waals surface area contributed by atoms with Crippen LogP contribution in [0.15, 0.2) is 61.1 Å². The molecule has 4 aromatic rings. The summed E-state index contributed by atoms with van der Waals surface area (Å²) in [5.41, 5.74) is 3.55. The molecule has 0 aliphatic carbocycles. The number of nitrogens with zero attached hydrogens (tertiary/aromatic N) is 5. The van der Waals surface area contributed by atoms with E-state index in [9.17, 15) is 4.79 Å². The van der Waals surface area contributed by atoms with Crippen LogP contribution >= 0.6 is 0 Å². The van der Waals surface area contributed by atoms with Crippen LogP contribution in [-0.2, 0) is 7.05 Å². The molecule has 0 unspecified atom stereocenters. The summed E-state index contributed by atoms with van der Waals surface area (Å²) in [5, 5.41) is 14.0. The van der Waals surface area contributed by atoms with E-state index < -0.39 is 0 Å². The van der Waals surface area contributed by atoms with Crippen LogP contribution in [0, 0.1) is 0 Å². The van der Waals surface area contributed by atoms with Gasteiger partial charge in [-0.1, -0.05) is 12.1 Å². The van der Waals surface area contributed by atoms with Gasteiger partial charge in [-0.15, -0.1) is 0 Å². The van der Waals surface area contributed by atoms with Crippen LogP contribution < -0.4 is 5.32 Å². The first-order chi connectivity index (χ1) is 12.7. The Labute approximate surface area is 148 Å². The molecule has 0 saturated carbocycles. The Balaban J connectivity index is 1.63. The van der Waals surface area contributed by atoms with Crippen molar-refractivity contribution in [2.75, 3.05) is 5.32 Å². The van der Waals surface area contributed by atoms with E-state index in [1.807, 2.05) is 24.3 Å². The van der Waals surface area contributed by atoms with Crippen molar-refractivity contribution in [3.63, 3.8) is 0 Å². The average molecular weight is 345 g/mol. The predicted octanol–water partition coefficient (Wildman–Crippen LogP) is 2.52. The molecule has 2 N–H and O–H groups in total. The normalized spacial score (nSPS) is 10.7. The number of hydrogen-bond donors (Lipinski definition) is 2. The van der Waals surface area contributed by atoms with Crippen LogP contribution in [0.25, 0.3) is 22.8 Å². The number of carbonyl (C=O) groups excluding carboxylic acids is 1. The summed E-state index contributed by atoms with van der Waals surface area (Å²) in [6.45, 7) is 0. The van der Waals surface area contributed by atoms with Crippen molar-refractivity contribution in [2.45, 2.75) is 0 Å². The minimum Gasteiger partial charge on any atom is -0.317 e. The van der Waals surface area contributed by atoms with E-state index in [1.165, 1.54) is 0 Å². The van der Waals surface area contributed by atoms with Crippen molar-refractivity contribution < 1.29 is 4.79 Å². The third-order valence-electron chi connectivity index (χ3n) is 3.74. The van der Waals surface area contributed by atoms with Gasteiger partial charge in [-0.05, 0) is 30.3 Å². The highest BCUT2D eigenvalue weighted by Crippen LogP contribution is 2.24. The van der Waals surface area contributed by atoms with Gasteiger partial charge in [0.15, 0.2) is 0 Å². The Kier molecular flexibility index (Phi) is 3.98. The fraction of sp³-hybridized carbons (Fsp3) is 0.0556. The molecule has 0 saturated heterocycles. The molecule has 0 aliphatic heterocycles. The summed E-state index contributed by atoms with van der Waals surface area (Å²) < 4.78 is 1.63. The number of anilines is 1. The Morgan fingerprint density at radius 1 is 1.08 bits per heavy atom. The van der Waals surface area contributed by atoms with Gasteiger partial charge in [0.25, 0.3) is 5.91 Å². The number of amides is 1. The van der Waals surface area contributed by atoms with Crippen LogP contribution in [-0.4, -0.2) is 35.9 Å². The lowest BCUT2D eigenvalue weighted by Gasteiger charge is -2.06. The van der Waals surface area contributed by atoms with Crippen molar-refractivity contribution in [1.29, 1.82) is 0 Å². The van der Waals surface area contributed by atoms with E-state index in [-0.39, 0.29) is 5.91 Å². The maximum absolute atomic E-state index is 12.7. The van der Waals surface area contributed by atoms with Crippen molar-refractivity contribution in [1.82, 2.24) is 29.9 Å². The lowest BCUT2D eigenvalue weighted by Crippen LogP contribution is -2.14. The first kappa shape index (κ1) is 15.7. The number of pyridine rings is 2. The summed E-state index contributed by atoms with van der Waals surface area (Å²) >= 11 is 0. The molecular weight excluding hydrogens is 330 g/mol. The second kappa shape index (κ2) is 6.60. The zero-order valence-electron chi connectivity index (χ0n) is 13.9. The molecule has 0 fully saturated rings. The van der Waals surface area contributed by atoms with Gasteiger partial charge in [0.2, 0.25) is 0 Å². The van der Waals surface area contributed by atoms with E-state index in [2.05, 4.69) is 30.6 Å². The summed E-state index contributed by atoms with van der Waals surface area (Å²) in [6.07, 6.45) is 5.06. The maximum atomic E-state index is 12.7. The predicted molar refractivity (Wildman–Crippen MR) is 96.2 cm³/mol. The van der Waals surface area contributed by atoms with Gasteiger partial charge in [-0.25, -0.2) is 4.98 Å². The van der Waals surface area contributed by atoms with E-state index in [4.69, 9.17) is 0 Å². The number of aromatic nitrogens is 6. The fourth-order valence-electron chi connectivity index (χ4n) is 2.57. The van der Waals surface area contributed by atoms with Crippen molar-refractivity contribution in [2.24, 2.45) is 7.05 Å². The van der Waals surface area contributed by atoms with Gasteiger partial charge < -0.3 is 5.32 Å². The third-order valence-corrected chi connectivity index (χ3v) is 3.74. The number of rotatable bonds is 4. The first-order valence-corrected chi connectivity index (χ1v) is 7.94. The van der Waals surface area contributed by atoms with Gasteiger partial charge in [-0.2, -0.15) is 10.2 Å². The average Bonchev–Trinajstić information content (AvgIpc) is 3.32. The van der Waals surface area contributed by atoms with Gasteiger partial charge in [-0.3, -0.25) is 19.6 Å². The fourth-order valence-corrected chi connectivity index (χ4v) is 2.57. The molecule has 0 spiro atoms. The number of H-pyrrole nitrogens is 1. The summed E-state index contributed by atoms with van der Waals surface area (Å²) in [6, 6.07) is 12.6. The van der Waals surface area contributed by atoms with Gasteiger partial charge >= 0.3 is 0 Å². The van der Waals surface area contributed by atoms with Crippen molar-refractivity contribution in [3.05, 3.63) is 66.7 Å². The number of aryl methyl sites for hydroxylation is 1. The Hall–Kier alpha value is -3.81. The highest BCUT2D eigenvalue weighted by atomic mass is 16.1.